The van der Waals surface area contributed by atoms with Gasteiger partial charge in [0.05, 0.1) is 6.54 Å². The molecule has 1 aromatic heterocycles. The maximum Gasteiger partial charge on any atom is 0.137 e. The third-order valence-electron chi connectivity index (χ3n) is 6.64. The zero-order chi connectivity index (χ0) is 24.7. The zero-order valence-corrected chi connectivity index (χ0v) is 20.6. The van der Waals surface area contributed by atoms with Crippen molar-refractivity contribution in [1.29, 1.82) is 0 Å². The summed E-state index contributed by atoms with van der Waals surface area (Å²) in [6, 6.07) is 13.6. The molecule has 1 N–H and O–H groups in total. The minimum Gasteiger partial charge on any atom is -0.382 e. The lowest BCUT2D eigenvalue weighted by Gasteiger charge is -2.37. The molecule has 0 spiro atoms. The Morgan fingerprint density at radius 2 is 1.89 bits per heavy atom. The number of thioether (sulfide) groups is 1. The molecule has 3 aromatic rings. The number of rotatable bonds is 9. The highest BCUT2D eigenvalue weighted by Gasteiger charge is 2.41. The van der Waals surface area contributed by atoms with E-state index < -0.39 is 17.2 Å². The highest BCUT2D eigenvalue weighted by atomic mass is 32.2. The molecule has 35 heavy (non-hydrogen) atoms. The summed E-state index contributed by atoms with van der Waals surface area (Å²) >= 11 is 1.67. The van der Waals surface area contributed by atoms with E-state index >= 15 is 0 Å². The first-order valence-corrected chi connectivity index (χ1v) is 12.9. The van der Waals surface area contributed by atoms with E-state index in [4.69, 9.17) is 0 Å². The minimum atomic E-state index is -1.56. The molecule has 0 amide bonds. The van der Waals surface area contributed by atoms with Gasteiger partial charge < -0.3 is 5.11 Å². The average molecular weight is 496 g/mol. The molecule has 7 heteroatoms. The summed E-state index contributed by atoms with van der Waals surface area (Å²) in [5.41, 5.74) is -0.298. The molecule has 1 aliphatic carbocycles. The molecule has 0 unspecified atom stereocenters. The van der Waals surface area contributed by atoms with Gasteiger partial charge in [0.25, 0.3) is 0 Å². The van der Waals surface area contributed by atoms with E-state index in [9.17, 15) is 13.9 Å². The van der Waals surface area contributed by atoms with Crippen molar-refractivity contribution in [1.82, 2.24) is 14.8 Å². The molecular formula is C28H31F2N3OS. The van der Waals surface area contributed by atoms with Gasteiger partial charge in [0.15, 0.2) is 0 Å². The van der Waals surface area contributed by atoms with Gasteiger partial charge in [-0.2, -0.15) is 16.9 Å². The van der Waals surface area contributed by atoms with Crippen molar-refractivity contribution in [3.05, 3.63) is 102 Å². The van der Waals surface area contributed by atoms with Crippen molar-refractivity contribution >= 4 is 17.8 Å². The van der Waals surface area contributed by atoms with Gasteiger partial charge in [-0.1, -0.05) is 67.6 Å². The van der Waals surface area contributed by atoms with Crippen LogP contribution in [0.15, 0.2) is 79.4 Å². The lowest BCUT2D eigenvalue weighted by molar-refractivity contribution is 0.0131. The first-order chi connectivity index (χ1) is 16.9. The summed E-state index contributed by atoms with van der Waals surface area (Å²) in [6.45, 7) is 1.94. The van der Waals surface area contributed by atoms with E-state index in [2.05, 4.69) is 46.5 Å². The van der Waals surface area contributed by atoms with Crippen LogP contribution in [0.25, 0.3) is 6.08 Å². The Bertz CT molecular complexity index is 1130. The number of allylic oxidation sites excluding steroid dienone is 3. The van der Waals surface area contributed by atoms with E-state index in [1.54, 1.807) is 11.8 Å². The molecule has 0 aliphatic heterocycles. The number of aliphatic hydroxyl groups is 1. The van der Waals surface area contributed by atoms with Crippen LogP contribution in [0.4, 0.5) is 8.78 Å². The molecule has 1 saturated carbocycles. The van der Waals surface area contributed by atoms with Gasteiger partial charge in [-0.3, -0.25) is 0 Å². The molecule has 0 saturated heterocycles. The second-order valence-electron chi connectivity index (χ2n) is 9.11. The van der Waals surface area contributed by atoms with Crippen LogP contribution in [0, 0.1) is 17.6 Å². The Morgan fingerprint density at radius 1 is 1.11 bits per heavy atom. The van der Waals surface area contributed by atoms with E-state index in [-0.39, 0.29) is 17.4 Å². The molecule has 4 nitrogen and oxygen atoms in total. The fourth-order valence-corrected chi connectivity index (χ4v) is 6.15. The molecule has 184 valence electrons. The van der Waals surface area contributed by atoms with Gasteiger partial charge in [-0.15, -0.1) is 0 Å². The summed E-state index contributed by atoms with van der Waals surface area (Å²) in [4.78, 5) is 3.94. The van der Waals surface area contributed by atoms with Crippen molar-refractivity contribution in [2.75, 3.05) is 0 Å². The third kappa shape index (κ3) is 6.67. The maximum atomic E-state index is 14.8. The van der Waals surface area contributed by atoms with Crippen LogP contribution in [-0.4, -0.2) is 30.4 Å². The molecule has 1 heterocycles. The van der Waals surface area contributed by atoms with Crippen LogP contribution < -0.4 is 0 Å². The monoisotopic (exact) mass is 495 g/mol. The van der Waals surface area contributed by atoms with E-state index in [0.717, 1.165) is 31.7 Å². The minimum absolute atomic E-state index is 0.0373. The van der Waals surface area contributed by atoms with Gasteiger partial charge in [0.2, 0.25) is 0 Å². The molecule has 4 rings (SSSR count). The predicted octanol–water partition coefficient (Wildman–Crippen LogP) is 6.39. The van der Waals surface area contributed by atoms with Gasteiger partial charge in [0, 0.05) is 22.1 Å². The van der Waals surface area contributed by atoms with Crippen molar-refractivity contribution in [3.63, 3.8) is 0 Å². The highest BCUT2D eigenvalue weighted by Crippen LogP contribution is 2.42. The lowest BCUT2D eigenvalue weighted by atomic mass is 9.88. The smallest absolute Gasteiger partial charge is 0.137 e. The van der Waals surface area contributed by atoms with Crippen LogP contribution in [0.1, 0.15) is 43.7 Å². The van der Waals surface area contributed by atoms with Crippen molar-refractivity contribution in [2.24, 2.45) is 5.92 Å². The zero-order valence-electron chi connectivity index (χ0n) is 19.8. The van der Waals surface area contributed by atoms with Crippen LogP contribution >= 0.6 is 11.8 Å². The van der Waals surface area contributed by atoms with Crippen LogP contribution in [0.2, 0.25) is 0 Å². The van der Waals surface area contributed by atoms with E-state index in [0.29, 0.717) is 11.2 Å². The Labute approximate surface area is 209 Å². The first kappa shape index (κ1) is 25.3. The van der Waals surface area contributed by atoms with Crippen LogP contribution in [0.5, 0.6) is 0 Å². The topological polar surface area (TPSA) is 50.9 Å². The van der Waals surface area contributed by atoms with Gasteiger partial charge in [-0.25, -0.2) is 18.4 Å². The number of hydrogen-bond donors (Lipinski definition) is 1. The van der Waals surface area contributed by atoms with Gasteiger partial charge >= 0.3 is 0 Å². The Hall–Kier alpha value is -2.77. The molecule has 2 atom stereocenters. The fourth-order valence-electron chi connectivity index (χ4n) is 4.61. The fraction of sp³-hybridized carbons (Fsp3) is 0.357. The average Bonchev–Trinajstić information content (AvgIpc) is 3.36. The van der Waals surface area contributed by atoms with Crippen molar-refractivity contribution in [3.8, 4) is 0 Å². The quantitative estimate of drug-likeness (QED) is 0.349. The molecule has 0 radical (unpaired) electrons. The maximum absolute atomic E-state index is 14.8. The summed E-state index contributed by atoms with van der Waals surface area (Å²) < 4.78 is 29.8. The number of benzene rings is 2. The van der Waals surface area contributed by atoms with E-state index in [1.165, 1.54) is 35.0 Å². The highest BCUT2D eigenvalue weighted by molar-refractivity contribution is 8.00. The summed E-state index contributed by atoms with van der Waals surface area (Å²) in [7, 11) is 0. The Kier molecular flexibility index (Phi) is 8.52. The summed E-state index contributed by atoms with van der Waals surface area (Å²) in [6.07, 6.45) is 15.7. The number of aromatic nitrogens is 3. The molecule has 2 aromatic carbocycles. The second kappa shape index (κ2) is 11.8. The van der Waals surface area contributed by atoms with Crippen molar-refractivity contribution in [2.45, 2.75) is 55.3 Å². The Morgan fingerprint density at radius 3 is 2.57 bits per heavy atom. The molecule has 1 aliphatic rings. The standard InChI is InChI=1S/C28H31F2N3OS/c1-21(28(34,18-33-20-31-19-32-33)26-16-13-24(29)17-27(26)30)35-25-14-11-23(12-15-25)10-6-5-9-22-7-3-2-4-8-22/h2-10,13,16-17,19-21,23,25,34H,11-12,14-15,18H2,1H3/t21-,23?,25?,28-/m1/s1. The third-order valence-corrected chi connectivity index (χ3v) is 8.29. The molecule has 0 bridgehead atoms. The Balaban J connectivity index is 1.37. The van der Waals surface area contributed by atoms with Crippen molar-refractivity contribution < 1.29 is 13.9 Å². The normalized spacial score (nSPS) is 21.4. The first-order valence-electron chi connectivity index (χ1n) is 12.0. The lowest BCUT2D eigenvalue weighted by Crippen LogP contribution is -2.42. The molecular weight excluding hydrogens is 464 g/mol. The predicted molar refractivity (Wildman–Crippen MR) is 138 cm³/mol. The number of hydrogen-bond acceptors (Lipinski definition) is 4. The van der Waals surface area contributed by atoms with Gasteiger partial charge in [-0.05, 0) is 43.2 Å². The largest absolute Gasteiger partial charge is 0.382 e. The van der Waals surface area contributed by atoms with Gasteiger partial charge in [0.1, 0.15) is 29.9 Å². The summed E-state index contributed by atoms with van der Waals surface area (Å²) in [5.74, 6) is -0.886. The van der Waals surface area contributed by atoms with Crippen LogP contribution in [-0.2, 0) is 12.1 Å². The second-order valence-corrected chi connectivity index (χ2v) is 10.8. The number of halogens is 2. The molecule has 1 fully saturated rings. The number of nitrogens with zero attached hydrogens (tertiary/aromatic N) is 3. The SMILES string of the molecule is C[C@@H](SC1CCC(C=CC=Cc2ccccc2)CC1)[C@](O)(Cn1cncn1)c1ccc(F)cc1F. The summed E-state index contributed by atoms with van der Waals surface area (Å²) in [5, 5.41) is 15.8. The van der Waals surface area contributed by atoms with Crippen LogP contribution in [0.3, 0.4) is 0 Å². The van der Waals surface area contributed by atoms with E-state index in [1.807, 2.05) is 25.1 Å².